The van der Waals surface area contributed by atoms with Crippen molar-refractivity contribution in [1.29, 1.82) is 0 Å². The number of hydrogen-bond donors (Lipinski definition) is 2. The molecule has 10 heteroatoms. The lowest BCUT2D eigenvalue weighted by Crippen LogP contribution is -2.19. The molecule has 0 amide bonds. The fraction of sp³-hybridized carbons (Fsp3) is 0.278. The highest BCUT2D eigenvalue weighted by Crippen LogP contribution is 2.27. The Balaban J connectivity index is 1.62. The van der Waals surface area contributed by atoms with Gasteiger partial charge in [0.1, 0.15) is 5.75 Å². The summed E-state index contributed by atoms with van der Waals surface area (Å²) in [5.41, 5.74) is 2.85. The molecule has 2 N–H and O–H groups in total. The van der Waals surface area contributed by atoms with E-state index in [9.17, 15) is 8.78 Å². The molecular formula is C18H20F2N6OS. The van der Waals surface area contributed by atoms with E-state index in [2.05, 4.69) is 25.6 Å². The number of nitrogens with zero attached hydrogens (tertiary/aromatic N) is 4. The van der Waals surface area contributed by atoms with Gasteiger partial charge in [-0.25, -0.2) is 0 Å². The Morgan fingerprint density at radius 2 is 1.96 bits per heavy atom. The maximum atomic E-state index is 12.6. The Morgan fingerprint density at radius 1 is 1.18 bits per heavy atom. The van der Waals surface area contributed by atoms with Crippen molar-refractivity contribution in [3.05, 3.63) is 54.1 Å². The number of benzene rings is 1. The van der Waals surface area contributed by atoms with Crippen LogP contribution >= 0.6 is 12.2 Å². The van der Waals surface area contributed by atoms with Crippen LogP contribution in [-0.4, -0.2) is 31.3 Å². The number of alkyl halides is 2. The van der Waals surface area contributed by atoms with Crippen LogP contribution in [0, 0.1) is 6.92 Å². The molecule has 2 aromatic heterocycles. The number of hydrogen-bond acceptors (Lipinski definition) is 4. The summed E-state index contributed by atoms with van der Waals surface area (Å²) in [6.45, 7) is 2.28. The van der Waals surface area contributed by atoms with E-state index in [0.717, 1.165) is 17.7 Å². The molecule has 3 aromatic rings. The highest BCUT2D eigenvalue weighted by Gasteiger charge is 2.12. The third kappa shape index (κ3) is 5.26. The van der Waals surface area contributed by atoms with Crippen molar-refractivity contribution < 1.29 is 13.5 Å². The van der Waals surface area contributed by atoms with Crippen molar-refractivity contribution in [2.45, 2.75) is 33.5 Å². The molecule has 148 valence electrons. The molecule has 7 nitrogen and oxygen atoms in total. The minimum Gasteiger partial charge on any atom is -0.433 e. The number of halogens is 2. The second-order valence-corrected chi connectivity index (χ2v) is 6.50. The maximum absolute atomic E-state index is 12.6. The monoisotopic (exact) mass is 406 g/mol. The summed E-state index contributed by atoms with van der Waals surface area (Å²) in [6.07, 6.45) is 7.18. The smallest absolute Gasteiger partial charge is 0.387 e. The van der Waals surface area contributed by atoms with Crippen LogP contribution in [0.2, 0.25) is 0 Å². The summed E-state index contributed by atoms with van der Waals surface area (Å²) in [6, 6.07) is 4.93. The van der Waals surface area contributed by atoms with Crippen molar-refractivity contribution in [2.75, 3.05) is 10.6 Å². The predicted molar refractivity (Wildman–Crippen MR) is 107 cm³/mol. The zero-order chi connectivity index (χ0) is 20.1. The predicted octanol–water partition coefficient (Wildman–Crippen LogP) is 3.87. The van der Waals surface area contributed by atoms with E-state index in [-0.39, 0.29) is 10.9 Å². The second kappa shape index (κ2) is 8.79. The van der Waals surface area contributed by atoms with Crippen molar-refractivity contribution >= 4 is 28.7 Å². The number of anilines is 2. The lowest BCUT2D eigenvalue weighted by molar-refractivity contribution is -0.0493. The molecule has 0 bridgehead atoms. The minimum absolute atomic E-state index is 0.0304. The van der Waals surface area contributed by atoms with Gasteiger partial charge >= 0.3 is 6.61 Å². The average molecular weight is 406 g/mol. The van der Waals surface area contributed by atoms with Gasteiger partial charge in [-0.15, -0.1) is 0 Å². The Hall–Kier alpha value is -3.01. The van der Waals surface area contributed by atoms with Gasteiger partial charge in [-0.2, -0.15) is 19.0 Å². The molecule has 0 aliphatic rings. The van der Waals surface area contributed by atoms with Crippen molar-refractivity contribution in [1.82, 2.24) is 19.6 Å². The molecular weight excluding hydrogens is 386 g/mol. The van der Waals surface area contributed by atoms with Gasteiger partial charge in [0.15, 0.2) is 5.11 Å². The van der Waals surface area contributed by atoms with E-state index < -0.39 is 6.61 Å². The number of aromatic nitrogens is 4. The van der Waals surface area contributed by atoms with Crippen molar-refractivity contribution in [3.8, 4) is 5.75 Å². The molecule has 3 rings (SSSR count). The lowest BCUT2D eigenvalue weighted by Gasteiger charge is -2.14. The van der Waals surface area contributed by atoms with E-state index in [1.807, 2.05) is 17.8 Å². The maximum Gasteiger partial charge on any atom is 0.387 e. The normalized spacial score (nSPS) is 10.9. The third-order valence-corrected chi connectivity index (χ3v) is 4.05. The quantitative estimate of drug-likeness (QED) is 0.581. The van der Waals surface area contributed by atoms with Crippen LogP contribution in [0.1, 0.15) is 18.1 Å². The molecule has 28 heavy (non-hydrogen) atoms. The van der Waals surface area contributed by atoms with Crippen molar-refractivity contribution in [3.63, 3.8) is 0 Å². The first-order valence-corrected chi connectivity index (χ1v) is 9.01. The van der Waals surface area contributed by atoms with Crippen LogP contribution in [0.4, 0.5) is 20.2 Å². The Morgan fingerprint density at radius 3 is 2.68 bits per heavy atom. The first kappa shape index (κ1) is 19.7. The number of aryl methyl sites for hydroxylation is 2. The zero-order valence-corrected chi connectivity index (χ0v) is 16.2. The van der Waals surface area contributed by atoms with Crippen LogP contribution in [-0.2, 0) is 13.1 Å². The van der Waals surface area contributed by atoms with E-state index in [1.165, 1.54) is 6.07 Å². The van der Waals surface area contributed by atoms with E-state index in [1.54, 1.807) is 42.3 Å². The topological polar surface area (TPSA) is 68.9 Å². The molecule has 0 fully saturated rings. The lowest BCUT2D eigenvalue weighted by atomic mass is 10.2. The summed E-state index contributed by atoms with van der Waals surface area (Å²) >= 11 is 5.27. The molecule has 0 spiro atoms. The molecule has 0 unspecified atom stereocenters. The van der Waals surface area contributed by atoms with Gasteiger partial charge in [0, 0.05) is 24.5 Å². The molecule has 0 radical (unpaired) electrons. The second-order valence-electron chi connectivity index (χ2n) is 6.09. The number of thiocarbonyl (C=S) groups is 1. The molecule has 0 saturated heterocycles. The van der Waals surface area contributed by atoms with Crippen LogP contribution in [0.25, 0.3) is 0 Å². The molecule has 0 aliphatic heterocycles. The Bertz CT molecular complexity index is 955. The van der Waals surface area contributed by atoms with Gasteiger partial charge in [0.2, 0.25) is 0 Å². The highest BCUT2D eigenvalue weighted by atomic mass is 32.1. The van der Waals surface area contributed by atoms with E-state index >= 15 is 0 Å². The standard InChI is InChI=1S/C18H20F2N6OS/c1-3-25-9-13(7-21-25)10-26-11-14(8-22-26)23-18(28)24-15-5-4-12(2)6-16(15)27-17(19)20/h4-9,11,17H,3,10H2,1-2H3,(H2,23,24,28). The fourth-order valence-electron chi connectivity index (χ4n) is 2.57. The molecule has 1 aromatic carbocycles. The first-order valence-electron chi connectivity index (χ1n) is 8.60. The summed E-state index contributed by atoms with van der Waals surface area (Å²) in [5, 5.41) is 14.6. The summed E-state index contributed by atoms with van der Waals surface area (Å²) in [4.78, 5) is 0. The van der Waals surface area contributed by atoms with Gasteiger partial charge in [-0.3, -0.25) is 9.36 Å². The number of nitrogens with one attached hydrogen (secondary N) is 2. The number of rotatable bonds is 7. The zero-order valence-electron chi connectivity index (χ0n) is 15.4. The highest BCUT2D eigenvalue weighted by molar-refractivity contribution is 7.80. The fourth-order valence-corrected chi connectivity index (χ4v) is 2.80. The van der Waals surface area contributed by atoms with Crippen LogP contribution in [0.3, 0.4) is 0 Å². The van der Waals surface area contributed by atoms with Crippen LogP contribution in [0.15, 0.2) is 43.0 Å². The summed E-state index contributed by atoms with van der Waals surface area (Å²) < 4.78 is 33.4. The average Bonchev–Trinajstić information content (AvgIpc) is 3.26. The third-order valence-electron chi connectivity index (χ3n) is 3.85. The molecule has 2 heterocycles. The van der Waals surface area contributed by atoms with Gasteiger partial charge in [-0.05, 0) is 43.8 Å². The van der Waals surface area contributed by atoms with Crippen molar-refractivity contribution in [2.24, 2.45) is 0 Å². The van der Waals surface area contributed by atoms with Gasteiger partial charge in [0.25, 0.3) is 0 Å². The molecule has 0 saturated carbocycles. The van der Waals surface area contributed by atoms with Gasteiger partial charge < -0.3 is 15.4 Å². The Kier molecular flexibility index (Phi) is 6.19. The molecule has 0 aliphatic carbocycles. The van der Waals surface area contributed by atoms with Crippen LogP contribution < -0.4 is 15.4 Å². The summed E-state index contributed by atoms with van der Waals surface area (Å²) in [5.74, 6) is 0.0304. The Labute approximate surface area is 166 Å². The first-order chi connectivity index (χ1) is 13.4. The molecule has 0 atom stereocenters. The minimum atomic E-state index is -2.92. The van der Waals surface area contributed by atoms with Gasteiger partial charge in [-0.1, -0.05) is 6.07 Å². The largest absolute Gasteiger partial charge is 0.433 e. The van der Waals surface area contributed by atoms with E-state index in [4.69, 9.17) is 12.2 Å². The number of ether oxygens (including phenoxy) is 1. The van der Waals surface area contributed by atoms with Crippen LogP contribution in [0.5, 0.6) is 5.75 Å². The SMILES string of the molecule is CCn1cc(Cn2cc(NC(=S)Nc3ccc(C)cc3OC(F)F)cn2)cn1. The van der Waals surface area contributed by atoms with E-state index in [0.29, 0.717) is 17.9 Å². The summed E-state index contributed by atoms with van der Waals surface area (Å²) in [7, 11) is 0. The van der Waals surface area contributed by atoms with Gasteiger partial charge in [0.05, 0.1) is 30.3 Å².